The van der Waals surface area contributed by atoms with Gasteiger partial charge in [0.25, 0.3) is 0 Å². The lowest BCUT2D eigenvalue weighted by Crippen LogP contribution is -2.25. The molecule has 0 amide bonds. The molecule has 1 aliphatic heterocycles. The first-order chi connectivity index (χ1) is 7.97. The number of hydrogen-bond acceptors (Lipinski definition) is 5. The minimum Gasteiger partial charge on any atom is -0.381 e. The summed E-state index contributed by atoms with van der Waals surface area (Å²) in [5, 5.41) is 1.02. The summed E-state index contributed by atoms with van der Waals surface area (Å²) in [7, 11) is 2.09. The van der Waals surface area contributed by atoms with E-state index in [1.54, 1.807) is 0 Å². The van der Waals surface area contributed by atoms with Crippen LogP contribution in [0.25, 0.3) is 0 Å². The van der Waals surface area contributed by atoms with Gasteiger partial charge in [-0.15, -0.1) is 0 Å². The predicted molar refractivity (Wildman–Crippen MR) is 70.8 cm³/mol. The second-order valence-corrected chi connectivity index (χ2v) is 6.49. The minimum atomic E-state index is 0.0338. The van der Waals surface area contributed by atoms with E-state index in [0.717, 1.165) is 37.1 Å². The fraction of sp³-hybridized carbons (Fsp3) is 0.833. The average Bonchev–Trinajstić information content (AvgIpc) is 2.85. The molecule has 1 aromatic rings. The molecular formula is C12H21N3OS. The van der Waals surface area contributed by atoms with Crippen molar-refractivity contribution in [2.75, 3.05) is 31.7 Å². The van der Waals surface area contributed by atoms with Crippen molar-refractivity contribution in [1.82, 2.24) is 9.36 Å². The highest BCUT2D eigenvalue weighted by Gasteiger charge is 2.23. The standard InChI is InChI=1S/C12H21N3OS/c1-12(2,3)10-13-11(17-14-10)15(4)7-9-5-6-16-8-9/h9H,5-8H2,1-4H3. The van der Waals surface area contributed by atoms with Crippen LogP contribution in [0.3, 0.4) is 0 Å². The Kier molecular flexibility index (Phi) is 3.68. The van der Waals surface area contributed by atoms with Crippen molar-refractivity contribution in [2.24, 2.45) is 5.92 Å². The van der Waals surface area contributed by atoms with E-state index in [-0.39, 0.29) is 5.41 Å². The zero-order chi connectivity index (χ0) is 12.5. The maximum atomic E-state index is 5.39. The Labute approximate surface area is 107 Å². The molecule has 0 bridgehead atoms. The maximum absolute atomic E-state index is 5.39. The molecule has 0 aromatic carbocycles. The summed E-state index contributed by atoms with van der Waals surface area (Å²) < 4.78 is 9.83. The minimum absolute atomic E-state index is 0.0338. The fourth-order valence-corrected chi connectivity index (χ4v) is 2.69. The number of nitrogens with zero attached hydrogens (tertiary/aromatic N) is 3. The van der Waals surface area contributed by atoms with Gasteiger partial charge in [0.2, 0.25) is 5.13 Å². The molecule has 0 saturated carbocycles. The van der Waals surface area contributed by atoms with Gasteiger partial charge in [0.05, 0.1) is 6.61 Å². The van der Waals surface area contributed by atoms with Gasteiger partial charge in [0.1, 0.15) is 5.82 Å². The van der Waals surface area contributed by atoms with Crippen LogP contribution < -0.4 is 4.90 Å². The summed E-state index contributed by atoms with van der Waals surface area (Å²) in [5.74, 6) is 1.58. The maximum Gasteiger partial charge on any atom is 0.204 e. The van der Waals surface area contributed by atoms with E-state index >= 15 is 0 Å². The van der Waals surface area contributed by atoms with Gasteiger partial charge in [-0.3, -0.25) is 0 Å². The zero-order valence-electron chi connectivity index (χ0n) is 11.1. The number of hydrogen-bond donors (Lipinski definition) is 0. The van der Waals surface area contributed by atoms with Gasteiger partial charge in [0, 0.05) is 43.1 Å². The highest BCUT2D eigenvalue weighted by Crippen LogP contribution is 2.25. The lowest BCUT2D eigenvalue weighted by molar-refractivity contribution is 0.186. The summed E-state index contributed by atoms with van der Waals surface area (Å²) in [6, 6.07) is 0. The lowest BCUT2D eigenvalue weighted by atomic mass is 9.96. The molecule has 1 saturated heterocycles. The molecule has 2 rings (SSSR count). The smallest absolute Gasteiger partial charge is 0.204 e. The average molecular weight is 255 g/mol. The van der Waals surface area contributed by atoms with Crippen molar-refractivity contribution >= 4 is 16.7 Å². The molecule has 1 fully saturated rings. The summed E-state index contributed by atoms with van der Waals surface area (Å²) in [6.45, 7) is 9.23. The summed E-state index contributed by atoms with van der Waals surface area (Å²) in [5.41, 5.74) is 0.0338. The molecule has 1 unspecified atom stereocenters. The quantitative estimate of drug-likeness (QED) is 0.830. The topological polar surface area (TPSA) is 38.2 Å². The summed E-state index contributed by atoms with van der Waals surface area (Å²) in [6.07, 6.45) is 1.16. The van der Waals surface area contributed by atoms with Gasteiger partial charge in [-0.1, -0.05) is 20.8 Å². The van der Waals surface area contributed by atoms with Crippen LogP contribution in [-0.2, 0) is 10.2 Å². The van der Waals surface area contributed by atoms with Crippen LogP contribution in [0.2, 0.25) is 0 Å². The number of anilines is 1. The van der Waals surface area contributed by atoms with Gasteiger partial charge in [-0.05, 0) is 6.42 Å². The lowest BCUT2D eigenvalue weighted by Gasteiger charge is -2.19. The van der Waals surface area contributed by atoms with E-state index in [0.29, 0.717) is 5.92 Å². The van der Waals surface area contributed by atoms with Crippen LogP contribution in [0.4, 0.5) is 5.13 Å². The molecule has 2 heterocycles. The molecule has 0 spiro atoms. The molecule has 0 aliphatic carbocycles. The first kappa shape index (κ1) is 12.8. The Morgan fingerprint density at radius 2 is 2.24 bits per heavy atom. The molecule has 4 nitrogen and oxygen atoms in total. The van der Waals surface area contributed by atoms with Gasteiger partial charge in [0.15, 0.2) is 0 Å². The monoisotopic (exact) mass is 255 g/mol. The van der Waals surface area contributed by atoms with Gasteiger partial charge >= 0.3 is 0 Å². The fourth-order valence-electron chi connectivity index (χ4n) is 1.87. The number of aromatic nitrogens is 2. The molecule has 5 heteroatoms. The predicted octanol–water partition coefficient (Wildman–Crippen LogP) is 2.31. The Morgan fingerprint density at radius 3 is 2.76 bits per heavy atom. The van der Waals surface area contributed by atoms with E-state index in [1.165, 1.54) is 11.5 Å². The Hall–Kier alpha value is -0.680. The Morgan fingerprint density at radius 1 is 1.47 bits per heavy atom. The van der Waals surface area contributed by atoms with Gasteiger partial charge in [-0.25, -0.2) is 4.98 Å². The number of rotatable bonds is 3. The first-order valence-corrected chi connectivity index (χ1v) is 6.87. The second kappa shape index (κ2) is 4.90. The van der Waals surface area contributed by atoms with Crippen molar-refractivity contribution in [2.45, 2.75) is 32.6 Å². The van der Waals surface area contributed by atoms with E-state index in [9.17, 15) is 0 Å². The third-order valence-electron chi connectivity index (χ3n) is 2.97. The largest absolute Gasteiger partial charge is 0.381 e. The van der Waals surface area contributed by atoms with Crippen LogP contribution in [-0.4, -0.2) is 36.2 Å². The normalized spacial score (nSPS) is 20.8. The summed E-state index contributed by atoms with van der Waals surface area (Å²) >= 11 is 1.49. The van der Waals surface area contributed by atoms with Crippen LogP contribution >= 0.6 is 11.5 Å². The molecule has 17 heavy (non-hydrogen) atoms. The highest BCUT2D eigenvalue weighted by atomic mass is 32.1. The van der Waals surface area contributed by atoms with Crippen LogP contribution in [0, 0.1) is 5.92 Å². The molecule has 96 valence electrons. The Balaban J connectivity index is 1.99. The SMILES string of the molecule is CN(CC1CCOC1)c1nc(C(C)(C)C)ns1. The van der Waals surface area contributed by atoms with Crippen molar-refractivity contribution in [1.29, 1.82) is 0 Å². The number of ether oxygens (including phenoxy) is 1. The molecule has 1 aromatic heterocycles. The summed E-state index contributed by atoms with van der Waals surface area (Å²) in [4.78, 5) is 6.82. The van der Waals surface area contributed by atoms with Crippen LogP contribution in [0.5, 0.6) is 0 Å². The van der Waals surface area contributed by atoms with Crippen molar-refractivity contribution in [3.05, 3.63) is 5.82 Å². The molecular weight excluding hydrogens is 234 g/mol. The van der Waals surface area contributed by atoms with Gasteiger partial charge in [-0.2, -0.15) is 4.37 Å². The van der Waals surface area contributed by atoms with Crippen molar-refractivity contribution < 1.29 is 4.74 Å². The third-order valence-corrected chi connectivity index (χ3v) is 3.80. The van der Waals surface area contributed by atoms with E-state index in [1.807, 2.05) is 0 Å². The van der Waals surface area contributed by atoms with Crippen LogP contribution in [0.1, 0.15) is 33.0 Å². The van der Waals surface area contributed by atoms with E-state index < -0.39 is 0 Å². The highest BCUT2D eigenvalue weighted by molar-refractivity contribution is 7.09. The third kappa shape index (κ3) is 3.16. The second-order valence-electron chi connectivity index (χ2n) is 5.76. The van der Waals surface area contributed by atoms with Crippen LogP contribution in [0.15, 0.2) is 0 Å². The van der Waals surface area contributed by atoms with Gasteiger partial charge < -0.3 is 9.64 Å². The zero-order valence-corrected chi connectivity index (χ0v) is 11.9. The molecule has 1 aliphatic rings. The molecule has 0 radical (unpaired) electrons. The van der Waals surface area contributed by atoms with Crippen molar-refractivity contribution in [3.8, 4) is 0 Å². The molecule has 1 atom stereocenters. The van der Waals surface area contributed by atoms with E-state index in [4.69, 9.17) is 4.74 Å². The van der Waals surface area contributed by atoms with E-state index in [2.05, 4.69) is 42.1 Å². The Bertz CT molecular complexity index is 366. The molecule has 0 N–H and O–H groups in total. The first-order valence-electron chi connectivity index (χ1n) is 6.10. The van der Waals surface area contributed by atoms with Crippen molar-refractivity contribution in [3.63, 3.8) is 0 Å².